The largest absolute Gasteiger partial charge is 0.466 e. The summed E-state index contributed by atoms with van der Waals surface area (Å²) in [5.74, 6) is -0.0614. The van der Waals surface area contributed by atoms with Crippen LogP contribution in [0.1, 0.15) is 386 Å². The second-order valence-electron chi connectivity index (χ2n) is 24.6. The topological polar surface area (TPSA) is 95.9 Å². The lowest BCUT2D eigenvalue weighted by Crippen LogP contribution is -2.45. The molecule has 2 unspecified atom stereocenters. The Balaban J connectivity index is 3.42. The highest BCUT2D eigenvalue weighted by atomic mass is 16.5. The molecule has 0 aromatic carbocycles. The number of amides is 1. The molecule has 0 bridgehead atoms. The fourth-order valence-corrected chi connectivity index (χ4v) is 11.1. The Hall–Kier alpha value is -2.18. The lowest BCUT2D eigenvalue weighted by atomic mass is 10.0. The predicted octanol–water partition coefficient (Wildman–Crippen LogP) is 23.3. The number of nitrogens with one attached hydrogen (secondary N) is 1. The van der Waals surface area contributed by atoms with E-state index in [1.165, 1.54) is 308 Å². The van der Waals surface area contributed by atoms with E-state index in [1.54, 1.807) is 6.08 Å². The number of allylic oxidation sites excluding steroid dienone is 7. The first kappa shape index (κ1) is 77.8. The maximum absolute atomic E-state index is 12.5. The van der Waals surface area contributed by atoms with Crippen LogP contribution in [0, 0.1) is 0 Å². The zero-order chi connectivity index (χ0) is 57.8. The first-order chi connectivity index (χ1) is 39.5. The number of hydrogen-bond donors (Lipinski definition) is 3. The van der Waals surface area contributed by atoms with Crippen LogP contribution >= 0.6 is 0 Å². The van der Waals surface area contributed by atoms with E-state index < -0.39 is 12.1 Å². The number of carbonyl (C=O) groups excluding carboxylic acids is 2. The van der Waals surface area contributed by atoms with E-state index in [2.05, 4.69) is 55.6 Å². The molecular weight excluding hydrogens is 983 g/mol. The molecule has 1 amide bonds. The molecule has 0 fully saturated rings. The van der Waals surface area contributed by atoms with Crippen LogP contribution in [0.4, 0.5) is 0 Å². The summed E-state index contributed by atoms with van der Waals surface area (Å²) in [6.07, 6.45) is 90.5. The van der Waals surface area contributed by atoms with E-state index >= 15 is 0 Å². The van der Waals surface area contributed by atoms with Crippen molar-refractivity contribution in [1.82, 2.24) is 5.32 Å². The molecule has 0 aliphatic carbocycles. The fraction of sp³-hybridized carbons (Fsp3) is 0.865. The number of unbranched alkanes of at least 4 members (excludes halogenated alkanes) is 50. The minimum absolute atomic E-state index is 0.00283. The van der Waals surface area contributed by atoms with Crippen LogP contribution in [0.25, 0.3) is 0 Å². The van der Waals surface area contributed by atoms with Gasteiger partial charge in [-0.3, -0.25) is 9.59 Å². The number of rotatable bonds is 67. The number of hydrogen-bond acceptors (Lipinski definition) is 5. The molecule has 0 rings (SSSR count). The molecule has 6 heteroatoms. The van der Waals surface area contributed by atoms with Crippen LogP contribution in [-0.2, 0) is 14.3 Å². The van der Waals surface area contributed by atoms with Crippen molar-refractivity contribution in [3.63, 3.8) is 0 Å². The predicted molar refractivity (Wildman–Crippen MR) is 352 cm³/mol. The normalized spacial score (nSPS) is 12.8. The SMILES string of the molecule is CCCCC/C=C\CCCCCCCC(=O)OCCCCCCCCCCC/C=C\C/C=C\CCCCCCCCCCCCCCCCCC(=O)NC(CO)C(O)/C=C/CCCCCCCCCCCCCCCCCCCC. The molecule has 470 valence electrons. The molecule has 0 aromatic rings. The van der Waals surface area contributed by atoms with E-state index in [-0.39, 0.29) is 18.5 Å². The molecule has 0 saturated heterocycles. The van der Waals surface area contributed by atoms with E-state index in [0.717, 1.165) is 51.4 Å². The van der Waals surface area contributed by atoms with Gasteiger partial charge in [0.1, 0.15) is 0 Å². The van der Waals surface area contributed by atoms with Crippen LogP contribution < -0.4 is 5.32 Å². The van der Waals surface area contributed by atoms with Crippen molar-refractivity contribution in [2.24, 2.45) is 0 Å². The highest BCUT2D eigenvalue weighted by molar-refractivity contribution is 5.76. The second-order valence-corrected chi connectivity index (χ2v) is 24.6. The Morgan fingerprint density at radius 1 is 0.350 bits per heavy atom. The van der Waals surface area contributed by atoms with Gasteiger partial charge in [0.15, 0.2) is 0 Å². The number of aliphatic hydroxyl groups is 2. The van der Waals surface area contributed by atoms with E-state index in [0.29, 0.717) is 19.4 Å². The van der Waals surface area contributed by atoms with Gasteiger partial charge in [-0.25, -0.2) is 0 Å². The zero-order valence-electron chi connectivity index (χ0n) is 53.8. The van der Waals surface area contributed by atoms with Gasteiger partial charge >= 0.3 is 5.97 Å². The Morgan fingerprint density at radius 2 is 0.625 bits per heavy atom. The number of ether oxygens (including phenoxy) is 1. The maximum atomic E-state index is 12.5. The molecular formula is C74H139NO5. The van der Waals surface area contributed by atoms with E-state index in [9.17, 15) is 19.8 Å². The molecule has 0 radical (unpaired) electrons. The van der Waals surface area contributed by atoms with Gasteiger partial charge in [0.25, 0.3) is 0 Å². The summed E-state index contributed by atoms with van der Waals surface area (Å²) in [6.45, 7) is 4.90. The molecule has 0 spiro atoms. The monoisotopic (exact) mass is 1120 g/mol. The minimum Gasteiger partial charge on any atom is -0.466 e. The number of carbonyl (C=O) groups is 2. The van der Waals surface area contributed by atoms with Gasteiger partial charge in [-0.05, 0) is 89.9 Å². The van der Waals surface area contributed by atoms with Crippen molar-refractivity contribution in [2.75, 3.05) is 13.2 Å². The summed E-state index contributed by atoms with van der Waals surface area (Å²) in [6, 6.07) is -0.629. The van der Waals surface area contributed by atoms with Crippen LogP contribution in [0.3, 0.4) is 0 Å². The third-order valence-electron chi connectivity index (χ3n) is 16.6. The smallest absolute Gasteiger partial charge is 0.305 e. The highest BCUT2D eigenvalue weighted by Crippen LogP contribution is 2.18. The summed E-state index contributed by atoms with van der Waals surface area (Å²) in [7, 11) is 0. The average Bonchev–Trinajstić information content (AvgIpc) is 3.46. The van der Waals surface area contributed by atoms with Gasteiger partial charge in [0.05, 0.1) is 25.4 Å². The highest BCUT2D eigenvalue weighted by Gasteiger charge is 2.18. The van der Waals surface area contributed by atoms with Crippen LogP contribution in [0.2, 0.25) is 0 Å². The first-order valence-corrected chi connectivity index (χ1v) is 35.9. The Bertz CT molecular complexity index is 1340. The summed E-state index contributed by atoms with van der Waals surface area (Å²) >= 11 is 0. The molecule has 80 heavy (non-hydrogen) atoms. The molecule has 0 saturated carbocycles. The third kappa shape index (κ3) is 65.0. The first-order valence-electron chi connectivity index (χ1n) is 35.9. The van der Waals surface area contributed by atoms with Crippen molar-refractivity contribution >= 4 is 11.9 Å². The standard InChI is InChI=1S/C74H139NO5/c1-3-5-7-9-11-13-15-17-18-19-20-34-37-40-43-46-50-54-58-62-66-72(77)71(70-76)75-73(78)67-63-59-55-51-47-44-41-38-35-32-30-28-26-24-22-21-23-25-27-29-31-33-36-39-42-45-49-53-57-61-65-69-80-74(79)68-64-60-56-52-48-16-14-12-10-8-6-4-2/h12,14,23,25,29,31,62,66,71-72,76-77H,3-11,13,15-22,24,26-28,30,32-61,63-65,67-70H2,1-2H3,(H,75,78)/b14-12-,25-23-,31-29-,66-62+. The van der Waals surface area contributed by atoms with Gasteiger partial charge in [0.2, 0.25) is 5.91 Å². The molecule has 0 aromatic heterocycles. The molecule has 0 heterocycles. The number of esters is 1. The molecule has 2 atom stereocenters. The van der Waals surface area contributed by atoms with Gasteiger partial charge in [0, 0.05) is 12.8 Å². The van der Waals surface area contributed by atoms with Crippen molar-refractivity contribution in [3.8, 4) is 0 Å². The van der Waals surface area contributed by atoms with Crippen molar-refractivity contribution in [3.05, 3.63) is 48.6 Å². The molecule has 0 aliphatic heterocycles. The molecule has 0 aliphatic rings. The lowest BCUT2D eigenvalue weighted by molar-refractivity contribution is -0.143. The van der Waals surface area contributed by atoms with Crippen LogP contribution in [0.5, 0.6) is 0 Å². The summed E-state index contributed by atoms with van der Waals surface area (Å²) in [5.41, 5.74) is 0. The van der Waals surface area contributed by atoms with Gasteiger partial charge in [-0.1, -0.05) is 332 Å². The van der Waals surface area contributed by atoms with E-state index in [4.69, 9.17) is 4.74 Å². The Morgan fingerprint density at radius 3 is 0.988 bits per heavy atom. The molecule has 3 N–H and O–H groups in total. The maximum Gasteiger partial charge on any atom is 0.305 e. The van der Waals surface area contributed by atoms with Crippen molar-refractivity contribution in [1.29, 1.82) is 0 Å². The van der Waals surface area contributed by atoms with Gasteiger partial charge in [-0.2, -0.15) is 0 Å². The quantitative estimate of drug-likeness (QED) is 0.0320. The van der Waals surface area contributed by atoms with Crippen LogP contribution in [-0.4, -0.2) is 47.4 Å². The zero-order valence-corrected chi connectivity index (χ0v) is 53.8. The minimum atomic E-state index is -0.845. The summed E-state index contributed by atoms with van der Waals surface area (Å²) in [4.78, 5) is 24.5. The summed E-state index contributed by atoms with van der Waals surface area (Å²) in [5, 5.41) is 23.2. The van der Waals surface area contributed by atoms with Crippen LogP contribution in [0.15, 0.2) is 48.6 Å². The molecule has 6 nitrogen and oxygen atoms in total. The Kier molecular flexibility index (Phi) is 67.4. The second kappa shape index (κ2) is 69.3. The van der Waals surface area contributed by atoms with Gasteiger partial charge in [-0.15, -0.1) is 0 Å². The lowest BCUT2D eigenvalue weighted by Gasteiger charge is -2.20. The average molecular weight is 1120 g/mol. The Labute approximate surface area is 499 Å². The summed E-state index contributed by atoms with van der Waals surface area (Å²) < 4.78 is 5.47. The van der Waals surface area contributed by atoms with Gasteiger partial charge < -0.3 is 20.3 Å². The van der Waals surface area contributed by atoms with Crippen molar-refractivity contribution < 1.29 is 24.5 Å². The fourth-order valence-electron chi connectivity index (χ4n) is 11.1. The van der Waals surface area contributed by atoms with Crippen molar-refractivity contribution in [2.45, 2.75) is 398 Å². The third-order valence-corrected chi connectivity index (χ3v) is 16.6. The van der Waals surface area contributed by atoms with E-state index in [1.807, 2.05) is 6.08 Å². The number of aliphatic hydroxyl groups excluding tert-OH is 2.